The first-order valence-electron chi connectivity index (χ1n) is 7.05. The van der Waals surface area contributed by atoms with Gasteiger partial charge in [-0.05, 0) is 42.8 Å². The van der Waals surface area contributed by atoms with Crippen molar-refractivity contribution in [3.8, 4) is 5.69 Å². The van der Waals surface area contributed by atoms with Crippen LogP contribution in [0.4, 0.5) is 0 Å². The summed E-state index contributed by atoms with van der Waals surface area (Å²) in [6.45, 7) is 2.30. The zero-order valence-corrected chi connectivity index (χ0v) is 12.3. The van der Waals surface area contributed by atoms with E-state index in [2.05, 4.69) is 5.10 Å². The number of carbonyl (C=O) groups excluding carboxylic acids is 1. The molecule has 0 bridgehead atoms. The first kappa shape index (κ1) is 14.1. The highest BCUT2D eigenvalue weighted by atomic mass is 16.5. The molecule has 0 N–H and O–H groups in total. The molecule has 0 aliphatic heterocycles. The van der Waals surface area contributed by atoms with Crippen molar-refractivity contribution in [2.24, 2.45) is 0 Å². The monoisotopic (exact) mass is 292 g/mol. The van der Waals surface area contributed by atoms with Gasteiger partial charge in [0, 0.05) is 12.4 Å². The normalized spacial score (nSPS) is 10.4. The molecule has 1 heterocycles. The maximum Gasteiger partial charge on any atom is 0.338 e. The summed E-state index contributed by atoms with van der Waals surface area (Å²) in [7, 11) is 0. The van der Waals surface area contributed by atoms with Crippen molar-refractivity contribution < 1.29 is 9.53 Å². The average Bonchev–Trinajstić information content (AvgIpc) is 3.09. The molecule has 3 aromatic rings. The average molecular weight is 292 g/mol. The lowest BCUT2D eigenvalue weighted by Crippen LogP contribution is -2.05. The van der Waals surface area contributed by atoms with Gasteiger partial charge in [0.15, 0.2) is 0 Å². The number of rotatable bonds is 4. The molecule has 0 aliphatic carbocycles. The molecule has 0 spiro atoms. The summed E-state index contributed by atoms with van der Waals surface area (Å²) in [5.74, 6) is -0.326. The van der Waals surface area contributed by atoms with Crippen LogP contribution in [0, 0.1) is 6.92 Å². The Bertz CT molecular complexity index is 745. The SMILES string of the molecule is Cc1ccc(COC(=O)c2ccc(-n3cccn3)cc2)cc1. The van der Waals surface area contributed by atoms with Crippen molar-refractivity contribution in [2.45, 2.75) is 13.5 Å². The topological polar surface area (TPSA) is 44.1 Å². The molecule has 4 heteroatoms. The van der Waals surface area contributed by atoms with Gasteiger partial charge in [0.05, 0.1) is 11.3 Å². The number of ether oxygens (including phenoxy) is 1. The van der Waals surface area contributed by atoms with E-state index < -0.39 is 0 Å². The van der Waals surface area contributed by atoms with Gasteiger partial charge in [-0.1, -0.05) is 29.8 Å². The van der Waals surface area contributed by atoms with Crippen molar-refractivity contribution in [2.75, 3.05) is 0 Å². The number of aryl methyl sites for hydroxylation is 1. The molecule has 0 atom stereocenters. The second-order valence-electron chi connectivity index (χ2n) is 5.06. The molecule has 3 rings (SSSR count). The van der Waals surface area contributed by atoms with Gasteiger partial charge in [0.25, 0.3) is 0 Å². The highest BCUT2D eigenvalue weighted by molar-refractivity contribution is 5.89. The van der Waals surface area contributed by atoms with E-state index in [1.807, 2.05) is 55.6 Å². The molecule has 0 unspecified atom stereocenters. The molecule has 0 saturated carbocycles. The number of carbonyl (C=O) groups is 1. The Hall–Kier alpha value is -2.88. The lowest BCUT2D eigenvalue weighted by molar-refractivity contribution is 0.0472. The largest absolute Gasteiger partial charge is 0.457 e. The van der Waals surface area contributed by atoms with Crippen molar-refractivity contribution in [3.63, 3.8) is 0 Å². The lowest BCUT2D eigenvalue weighted by Gasteiger charge is -2.06. The van der Waals surface area contributed by atoms with Crippen molar-refractivity contribution in [3.05, 3.63) is 83.7 Å². The molecule has 1 aromatic heterocycles. The second-order valence-corrected chi connectivity index (χ2v) is 5.06. The first-order valence-corrected chi connectivity index (χ1v) is 7.05. The van der Waals surface area contributed by atoms with Crippen LogP contribution in [0.2, 0.25) is 0 Å². The highest BCUT2D eigenvalue weighted by Gasteiger charge is 2.07. The van der Waals surface area contributed by atoms with Crippen LogP contribution < -0.4 is 0 Å². The van der Waals surface area contributed by atoms with Gasteiger partial charge in [-0.3, -0.25) is 0 Å². The molecule has 0 radical (unpaired) electrons. The third kappa shape index (κ3) is 3.23. The minimum absolute atomic E-state index is 0.278. The van der Waals surface area contributed by atoms with E-state index in [0.29, 0.717) is 5.56 Å². The van der Waals surface area contributed by atoms with Crippen LogP contribution in [0.5, 0.6) is 0 Å². The van der Waals surface area contributed by atoms with Gasteiger partial charge < -0.3 is 4.74 Å². The van der Waals surface area contributed by atoms with Gasteiger partial charge in [-0.15, -0.1) is 0 Å². The molecule has 0 amide bonds. The first-order chi connectivity index (χ1) is 10.7. The van der Waals surface area contributed by atoms with Gasteiger partial charge in [0.1, 0.15) is 6.61 Å². The molecule has 2 aromatic carbocycles. The Balaban J connectivity index is 1.63. The van der Waals surface area contributed by atoms with Gasteiger partial charge in [-0.2, -0.15) is 5.10 Å². The van der Waals surface area contributed by atoms with Crippen molar-refractivity contribution in [1.82, 2.24) is 9.78 Å². The van der Waals surface area contributed by atoms with Crippen LogP contribution in [0.3, 0.4) is 0 Å². The van der Waals surface area contributed by atoms with Gasteiger partial charge >= 0.3 is 5.97 Å². The van der Waals surface area contributed by atoms with E-state index in [9.17, 15) is 4.79 Å². The van der Waals surface area contributed by atoms with Crippen LogP contribution >= 0.6 is 0 Å². The summed E-state index contributed by atoms with van der Waals surface area (Å²) in [5, 5.41) is 4.14. The standard InChI is InChI=1S/C18H16N2O2/c1-14-3-5-15(6-4-14)13-22-18(21)16-7-9-17(10-8-16)20-12-2-11-19-20/h2-12H,13H2,1H3. The Labute approximate surface area is 129 Å². The van der Waals surface area contributed by atoms with Crippen LogP contribution in [0.1, 0.15) is 21.5 Å². The molecule has 22 heavy (non-hydrogen) atoms. The minimum atomic E-state index is -0.326. The fourth-order valence-corrected chi connectivity index (χ4v) is 2.09. The summed E-state index contributed by atoms with van der Waals surface area (Å²) in [6.07, 6.45) is 3.56. The predicted molar refractivity (Wildman–Crippen MR) is 83.9 cm³/mol. The second kappa shape index (κ2) is 6.26. The van der Waals surface area contributed by atoms with E-state index in [1.54, 1.807) is 23.0 Å². The van der Waals surface area contributed by atoms with Crippen molar-refractivity contribution in [1.29, 1.82) is 0 Å². The quantitative estimate of drug-likeness (QED) is 0.691. The number of esters is 1. The summed E-state index contributed by atoms with van der Waals surface area (Å²) in [4.78, 5) is 12.0. The van der Waals surface area contributed by atoms with Gasteiger partial charge in [-0.25, -0.2) is 9.48 Å². The Kier molecular flexibility index (Phi) is 4.01. The fraction of sp³-hybridized carbons (Fsp3) is 0.111. The molecule has 0 fully saturated rings. The predicted octanol–water partition coefficient (Wildman–Crippen LogP) is 3.54. The Morgan fingerprint density at radius 1 is 1.09 bits per heavy atom. The third-order valence-corrected chi connectivity index (χ3v) is 3.36. The van der Waals surface area contributed by atoms with E-state index in [4.69, 9.17) is 4.74 Å². The maximum atomic E-state index is 12.0. The molecule has 0 saturated heterocycles. The summed E-state index contributed by atoms with van der Waals surface area (Å²) >= 11 is 0. The molecule has 0 aliphatic rings. The number of benzene rings is 2. The highest BCUT2D eigenvalue weighted by Crippen LogP contribution is 2.11. The smallest absolute Gasteiger partial charge is 0.338 e. The lowest BCUT2D eigenvalue weighted by atomic mass is 10.2. The Morgan fingerprint density at radius 3 is 2.45 bits per heavy atom. The number of hydrogen-bond donors (Lipinski definition) is 0. The van der Waals surface area contributed by atoms with Crippen LogP contribution in [0.25, 0.3) is 5.69 Å². The van der Waals surface area contributed by atoms with E-state index in [-0.39, 0.29) is 12.6 Å². The Morgan fingerprint density at radius 2 is 1.82 bits per heavy atom. The summed E-state index contributed by atoms with van der Waals surface area (Å²) in [5.41, 5.74) is 3.60. The van der Waals surface area contributed by atoms with E-state index in [0.717, 1.165) is 11.3 Å². The number of nitrogens with zero attached hydrogens (tertiary/aromatic N) is 2. The van der Waals surface area contributed by atoms with E-state index in [1.165, 1.54) is 5.56 Å². The fourth-order valence-electron chi connectivity index (χ4n) is 2.09. The van der Waals surface area contributed by atoms with E-state index >= 15 is 0 Å². The maximum absolute atomic E-state index is 12.0. The van der Waals surface area contributed by atoms with Crippen LogP contribution in [-0.4, -0.2) is 15.7 Å². The zero-order valence-electron chi connectivity index (χ0n) is 12.3. The summed E-state index contributed by atoms with van der Waals surface area (Å²) < 4.78 is 7.06. The molecular weight excluding hydrogens is 276 g/mol. The number of aromatic nitrogens is 2. The molecule has 4 nitrogen and oxygen atoms in total. The third-order valence-electron chi connectivity index (χ3n) is 3.36. The molecule has 110 valence electrons. The minimum Gasteiger partial charge on any atom is -0.457 e. The van der Waals surface area contributed by atoms with Crippen LogP contribution in [-0.2, 0) is 11.3 Å². The molecular formula is C18H16N2O2. The zero-order chi connectivity index (χ0) is 15.4. The van der Waals surface area contributed by atoms with Gasteiger partial charge in [0.2, 0.25) is 0 Å². The van der Waals surface area contributed by atoms with Crippen molar-refractivity contribution >= 4 is 5.97 Å². The van der Waals surface area contributed by atoms with Crippen LogP contribution in [0.15, 0.2) is 67.0 Å². The summed E-state index contributed by atoms with van der Waals surface area (Å²) in [6, 6.07) is 17.0. The number of hydrogen-bond acceptors (Lipinski definition) is 3.